The molecule has 1 N–H and O–H groups in total. The van der Waals surface area contributed by atoms with Crippen molar-refractivity contribution in [2.45, 2.75) is 0 Å². The molecule has 0 aliphatic heterocycles. The molecule has 0 spiro atoms. The second-order valence-corrected chi connectivity index (χ2v) is 4.85. The molecule has 2 aromatic carbocycles. The van der Waals surface area contributed by atoms with Gasteiger partial charge in [-0.25, -0.2) is 4.79 Å². The maximum Gasteiger partial charge on any atom is 0.337 e. The molecule has 0 atom stereocenters. The average Bonchev–Trinajstić information content (AvgIpc) is 2.54. The molecule has 2 aromatic rings. The number of carbonyl (C=O) groups excluding carboxylic acids is 2. The van der Waals surface area contributed by atoms with Crippen molar-refractivity contribution < 1.29 is 19.2 Å². The molecule has 8 heteroatoms. The van der Waals surface area contributed by atoms with Crippen molar-refractivity contribution in [3.05, 3.63) is 68.7 Å². The second-order valence-electron chi connectivity index (χ2n) is 4.44. The van der Waals surface area contributed by atoms with E-state index in [9.17, 15) is 19.7 Å². The topological polar surface area (TPSA) is 98.5 Å². The third-order valence-corrected chi connectivity index (χ3v) is 3.30. The van der Waals surface area contributed by atoms with Crippen LogP contribution in [0.1, 0.15) is 20.7 Å². The highest BCUT2D eigenvalue weighted by Crippen LogP contribution is 2.23. The third kappa shape index (κ3) is 3.83. The number of anilines is 1. The quantitative estimate of drug-likeness (QED) is 0.525. The predicted octanol–water partition coefficient (Wildman–Crippen LogP) is 3.29. The number of non-ortho nitro benzene ring substituents is 1. The highest BCUT2D eigenvalue weighted by atomic mass is 35.5. The van der Waals surface area contributed by atoms with Gasteiger partial charge in [-0.15, -0.1) is 0 Å². The summed E-state index contributed by atoms with van der Waals surface area (Å²) in [5.41, 5.74) is 0.489. The lowest BCUT2D eigenvalue weighted by molar-refractivity contribution is -0.384. The van der Waals surface area contributed by atoms with E-state index in [0.717, 1.165) is 6.07 Å². The molecule has 2 rings (SSSR count). The van der Waals surface area contributed by atoms with Gasteiger partial charge in [-0.05, 0) is 30.3 Å². The number of hydrogen-bond acceptors (Lipinski definition) is 5. The van der Waals surface area contributed by atoms with Gasteiger partial charge in [-0.2, -0.15) is 0 Å². The lowest BCUT2D eigenvalue weighted by Crippen LogP contribution is -2.13. The Morgan fingerprint density at radius 1 is 1.17 bits per heavy atom. The summed E-state index contributed by atoms with van der Waals surface area (Å²) in [7, 11) is 1.27. The van der Waals surface area contributed by atoms with Gasteiger partial charge in [-0.3, -0.25) is 14.9 Å². The summed E-state index contributed by atoms with van der Waals surface area (Å²) in [5.74, 6) is -1.09. The Hall–Kier alpha value is -2.93. The molecule has 0 aliphatic carbocycles. The van der Waals surface area contributed by atoms with E-state index in [1.807, 2.05) is 0 Å². The normalized spacial score (nSPS) is 10.0. The summed E-state index contributed by atoms with van der Waals surface area (Å²) >= 11 is 5.90. The molecule has 0 aromatic heterocycles. The van der Waals surface area contributed by atoms with E-state index in [4.69, 9.17) is 11.6 Å². The minimum absolute atomic E-state index is 0.0158. The SMILES string of the molecule is COC(=O)c1ccc(NC(=O)c2cc([N+](=O)[O-])ccc2Cl)cc1. The number of methoxy groups -OCH3 is 1. The summed E-state index contributed by atoms with van der Waals surface area (Å²) in [5, 5.41) is 13.4. The van der Waals surface area contributed by atoms with Crippen molar-refractivity contribution in [2.24, 2.45) is 0 Å². The van der Waals surface area contributed by atoms with Crippen LogP contribution in [-0.2, 0) is 4.74 Å². The van der Waals surface area contributed by atoms with Crippen molar-refractivity contribution in [1.82, 2.24) is 0 Å². The number of esters is 1. The zero-order valence-electron chi connectivity index (χ0n) is 11.9. The van der Waals surface area contributed by atoms with Crippen LogP contribution in [-0.4, -0.2) is 23.9 Å². The first kappa shape index (κ1) is 16.4. The third-order valence-electron chi connectivity index (χ3n) is 2.97. The first-order valence-electron chi connectivity index (χ1n) is 6.36. The predicted molar refractivity (Wildman–Crippen MR) is 83.8 cm³/mol. The van der Waals surface area contributed by atoms with E-state index in [0.29, 0.717) is 11.3 Å². The number of nitro groups is 1. The minimum Gasteiger partial charge on any atom is -0.465 e. The van der Waals surface area contributed by atoms with Crippen LogP contribution in [0.15, 0.2) is 42.5 Å². The molecule has 0 radical (unpaired) electrons. The largest absolute Gasteiger partial charge is 0.465 e. The summed E-state index contributed by atoms with van der Waals surface area (Å²) in [4.78, 5) is 33.6. The molecular weight excluding hydrogens is 324 g/mol. The van der Waals surface area contributed by atoms with Crippen molar-refractivity contribution in [3.63, 3.8) is 0 Å². The summed E-state index contributed by atoms with van der Waals surface area (Å²) < 4.78 is 4.57. The molecule has 118 valence electrons. The highest BCUT2D eigenvalue weighted by Gasteiger charge is 2.16. The second kappa shape index (κ2) is 6.89. The van der Waals surface area contributed by atoms with Gasteiger partial charge in [0.1, 0.15) is 0 Å². The van der Waals surface area contributed by atoms with Gasteiger partial charge in [0, 0.05) is 17.8 Å². The van der Waals surface area contributed by atoms with E-state index in [-0.39, 0.29) is 16.3 Å². The molecule has 7 nitrogen and oxygen atoms in total. The number of nitro benzene ring substituents is 1. The fourth-order valence-corrected chi connectivity index (χ4v) is 2.01. The minimum atomic E-state index is -0.613. The fraction of sp³-hybridized carbons (Fsp3) is 0.0667. The van der Waals surface area contributed by atoms with Crippen molar-refractivity contribution >= 4 is 34.9 Å². The first-order valence-corrected chi connectivity index (χ1v) is 6.74. The number of carbonyl (C=O) groups is 2. The Balaban J connectivity index is 2.20. The molecule has 0 saturated carbocycles. The van der Waals surface area contributed by atoms with Crippen molar-refractivity contribution in [1.29, 1.82) is 0 Å². The number of ether oxygens (including phenoxy) is 1. The highest BCUT2D eigenvalue weighted by molar-refractivity contribution is 6.34. The van der Waals surface area contributed by atoms with Crippen molar-refractivity contribution in [2.75, 3.05) is 12.4 Å². The van der Waals surface area contributed by atoms with Crippen molar-refractivity contribution in [3.8, 4) is 0 Å². The number of amides is 1. The van der Waals surface area contributed by atoms with Gasteiger partial charge in [0.15, 0.2) is 0 Å². The van der Waals surface area contributed by atoms with Crippen LogP contribution in [0.3, 0.4) is 0 Å². The van der Waals surface area contributed by atoms with Gasteiger partial charge < -0.3 is 10.1 Å². The van der Waals surface area contributed by atoms with Crippen LogP contribution in [0, 0.1) is 10.1 Å². The number of nitrogens with one attached hydrogen (secondary N) is 1. The smallest absolute Gasteiger partial charge is 0.337 e. The number of nitrogens with zero attached hydrogens (tertiary/aromatic N) is 1. The molecule has 0 aliphatic rings. The maximum absolute atomic E-state index is 12.2. The molecule has 0 saturated heterocycles. The molecule has 23 heavy (non-hydrogen) atoms. The molecule has 0 heterocycles. The summed E-state index contributed by atoms with van der Waals surface area (Å²) in [6.07, 6.45) is 0. The first-order chi connectivity index (χ1) is 10.9. The number of rotatable bonds is 4. The molecular formula is C15H11ClN2O5. The fourth-order valence-electron chi connectivity index (χ4n) is 1.81. The van der Waals surface area contributed by atoms with Gasteiger partial charge in [0.05, 0.1) is 28.2 Å². The Bertz CT molecular complexity index is 774. The Morgan fingerprint density at radius 3 is 2.39 bits per heavy atom. The van der Waals surface area contributed by atoms with E-state index in [1.54, 1.807) is 0 Å². The number of benzene rings is 2. The van der Waals surface area contributed by atoms with Crippen LogP contribution >= 0.6 is 11.6 Å². The van der Waals surface area contributed by atoms with E-state index >= 15 is 0 Å². The molecule has 0 bridgehead atoms. The summed E-state index contributed by atoms with van der Waals surface area (Å²) in [6.45, 7) is 0. The number of halogens is 1. The zero-order valence-corrected chi connectivity index (χ0v) is 12.7. The Morgan fingerprint density at radius 2 is 1.83 bits per heavy atom. The molecule has 1 amide bonds. The van der Waals surface area contributed by atoms with Gasteiger partial charge in [0.2, 0.25) is 0 Å². The standard InChI is InChI=1S/C15H11ClN2O5/c1-23-15(20)9-2-4-10(5-3-9)17-14(19)12-8-11(18(21)22)6-7-13(12)16/h2-8H,1H3,(H,17,19). The maximum atomic E-state index is 12.2. The molecule has 0 fully saturated rings. The lowest BCUT2D eigenvalue weighted by atomic mass is 10.1. The van der Waals surface area contributed by atoms with E-state index in [2.05, 4.69) is 10.1 Å². The van der Waals surface area contributed by atoms with E-state index < -0.39 is 16.8 Å². The number of hydrogen-bond donors (Lipinski definition) is 1. The Kier molecular flexibility index (Phi) is 4.92. The van der Waals surface area contributed by atoms with Crippen LogP contribution in [0.5, 0.6) is 0 Å². The van der Waals surface area contributed by atoms with Gasteiger partial charge >= 0.3 is 5.97 Å². The van der Waals surface area contributed by atoms with E-state index in [1.165, 1.54) is 43.5 Å². The van der Waals surface area contributed by atoms with Crippen LogP contribution in [0.25, 0.3) is 0 Å². The zero-order chi connectivity index (χ0) is 17.0. The van der Waals surface area contributed by atoms with Crippen LogP contribution in [0.4, 0.5) is 11.4 Å². The average molecular weight is 335 g/mol. The molecule has 0 unspecified atom stereocenters. The van der Waals surface area contributed by atoms with Crippen LogP contribution < -0.4 is 5.32 Å². The summed E-state index contributed by atoms with van der Waals surface area (Å²) in [6, 6.07) is 9.58. The lowest BCUT2D eigenvalue weighted by Gasteiger charge is -2.07. The Labute approximate surface area is 136 Å². The van der Waals surface area contributed by atoms with Gasteiger partial charge in [-0.1, -0.05) is 11.6 Å². The van der Waals surface area contributed by atoms with Gasteiger partial charge in [0.25, 0.3) is 11.6 Å². The van der Waals surface area contributed by atoms with Crippen LogP contribution in [0.2, 0.25) is 5.02 Å². The monoisotopic (exact) mass is 334 g/mol.